The fourth-order valence-corrected chi connectivity index (χ4v) is 3.24. The zero-order chi connectivity index (χ0) is 22.1. The van der Waals surface area contributed by atoms with Crippen LogP contribution in [0.15, 0.2) is 33.6 Å². The minimum absolute atomic E-state index is 0. The van der Waals surface area contributed by atoms with Crippen molar-refractivity contribution in [1.82, 2.24) is 9.97 Å². The van der Waals surface area contributed by atoms with E-state index in [4.69, 9.17) is 19.7 Å². The van der Waals surface area contributed by atoms with Crippen LogP contribution in [0.5, 0.6) is 0 Å². The van der Waals surface area contributed by atoms with Crippen molar-refractivity contribution in [3.8, 4) is 0 Å². The van der Waals surface area contributed by atoms with Gasteiger partial charge in [-0.2, -0.15) is 0 Å². The molecule has 0 saturated carbocycles. The van der Waals surface area contributed by atoms with E-state index in [1.54, 1.807) is 25.3 Å². The van der Waals surface area contributed by atoms with Gasteiger partial charge in [0.25, 0.3) is 0 Å². The number of hydrogen-bond donors (Lipinski definition) is 0. The molecule has 0 N–H and O–H groups in total. The van der Waals surface area contributed by atoms with Gasteiger partial charge in [0.05, 0.1) is 18.1 Å². The van der Waals surface area contributed by atoms with Crippen molar-refractivity contribution < 1.29 is 132 Å². The van der Waals surface area contributed by atoms with Gasteiger partial charge in [0.2, 0.25) is 0 Å². The number of nitrogens with zero attached hydrogens (tertiary/aromatic N) is 4. The van der Waals surface area contributed by atoms with Crippen LogP contribution >= 0.6 is 31.9 Å². The summed E-state index contributed by atoms with van der Waals surface area (Å²) in [5.41, 5.74) is 1.28. The Labute approximate surface area is 279 Å². The van der Waals surface area contributed by atoms with E-state index < -0.39 is 17.2 Å². The van der Waals surface area contributed by atoms with Crippen molar-refractivity contribution >= 4 is 55.5 Å². The van der Waals surface area contributed by atoms with Crippen molar-refractivity contribution in [3.05, 3.63) is 55.0 Å². The fraction of sp³-hybridized carbons (Fsp3) is 0.250. The Morgan fingerprint density at radius 3 is 2.26 bits per heavy atom. The zero-order valence-corrected chi connectivity index (χ0v) is 26.5. The third kappa shape index (κ3) is 11.9. The van der Waals surface area contributed by atoms with Gasteiger partial charge in [0.15, 0.2) is 4.60 Å². The quantitative estimate of drug-likeness (QED) is 0.142. The number of pyridine rings is 2. The van der Waals surface area contributed by atoms with E-state index in [9.17, 15) is 14.9 Å². The number of carbonyl (C=O) groups excluding carboxylic acids is 2. The maximum atomic E-state index is 12.4. The van der Waals surface area contributed by atoms with Crippen LogP contribution < -0.4 is 118 Å². The minimum atomic E-state index is -2.33. The van der Waals surface area contributed by atoms with Gasteiger partial charge < -0.3 is 19.7 Å². The van der Waals surface area contributed by atoms with Crippen molar-refractivity contribution in [2.24, 2.45) is 0 Å². The Bertz CT molecular complexity index is 900. The first kappa shape index (κ1) is 33.6. The molecule has 0 aromatic carbocycles. The molecule has 0 unspecified atom stereocenters. The molecular weight excluding hydrogens is 598 g/mol. The van der Waals surface area contributed by atoms with E-state index in [2.05, 4.69) is 41.8 Å². The van der Waals surface area contributed by atoms with Crippen LogP contribution in [-0.4, -0.2) is 33.7 Å². The van der Waals surface area contributed by atoms with Gasteiger partial charge in [-0.05, 0) is 63.5 Å². The summed E-state index contributed by atoms with van der Waals surface area (Å²) >= 11 is 6.27. The van der Waals surface area contributed by atoms with Crippen molar-refractivity contribution in [1.29, 1.82) is 0 Å². The molecule has 1 amide bonds. The summed E-state index contributed by atoms with van der Waals surface area (Å²) in [6, 6.07) is 5.00. The van der Waals surface area contributed by atoms with E-state index in [1.165, 1.54) is 11.0 Å². The molecule has 2 aromatic heterocycles. The molecule has 0 fully saturated rings. The van der Waals surface area contributed by atoms with Crippen molar-refractivity contribution in [2.75, 3.05) is 11.5 Å². The predicted molar refractivity (Wildman–Crippen MR) is 104 cm³/mol. The molecule has 15 heteroatoms. The second-order valence-corrected chi connectivity index (χ2v) is 6.77. The van der Waals surface area contributed by atoms with Gasteiger partial charge in [-0.15, -0.1) is 0 Å². The van der Waals surface area contributed by atoms with Crippen LogP contribution in [0.1, 0.15) is 18.2 Å². The van der Waals surface area contributed by atoms with Crippen LogP contribution in [0.25, 0.3) is 0 Å². The van der Waals surface area contributed by atoms with E-state index in [0.29, 0.717) is 10.2 Å². The van der Waals surface area contributed by atoms with Gasteiger partial charge in [-0.1, -0.05) is 6.07 Å². The molecule has 0 aliphatic rings. The molecule has 0 bridgehead atoms. The van der Waals surface area contributed by atoms with Gasteiger partial charge in [0, 0.05) is 18.0 Å². The molecule has 0 aliphatic heterocycles. The number of anilines is 1. The maximum absolute atomic E-state index is 12.4. The first-order chi connectivity index (χ1) is 13.6. The molecule has 2 rings (SSSR count). The van der Waals surface area contributed by atoms with Gasteiger partial charge in [0.1, 0.15) is 10.3 Å². The van der Waals surface area contributed by atoms with Gasteiger partial charge in [-0.25, -0.2) is 9.78 Å². The summed E-state index contributed by atoms with van der Waals surface area (Å²) in [7, 11) is 0. The molecule has 0 aliphatic carbocycles. The summed E-state index contributed by atoms with van der Waals surface area (Å²) in [6.45, 7) is 3.71. The summed E-state index contributed by atoms with van der Waals surface area (Å²) in [4.78, 5) is 41.0. The first-order valence-electron chi connectivity index (χ1n) is 7.81. The number of carbonyl (C=O) groups is 2. The van der Waals surface area contributed by atoms with Gasteiger partial charge >= 0.3 is 115 Å². The number of hydrogen-bond acceptors (Lipinski definition) is 9. The molecule has 0 spiro atoms. The molecule has 0 saturated heterocycles. The van der Waals surface area contributed by atoms with Gasteiger partial charge in [-0.3, -0.25) is 20.0 Å². The largest absolute Gasteiger partial charge is 1.00 e. The number of nitro groups is 1. The summed E-state index contributed by atoms with van der Waals surface area (Å²) in [5.74, 6) is 0. The Balaban J connectivity index is 0. The number of rotatable bonds is 5. The average molecular weight is 612 g/mol. The first-order valence-corrected chi connectivity index (χ1v) is 9.39. The molecule has 2 aromatic rings. The average Bonchev–Trinajstić information content (AvgIpc) is 2.59. The number of carboxylic acid groups (broad SMARTS) is 2. The third-order valence-electron chi connectivity index (χ3n) is 3.17. The molecule has 2 heterocycles. The van der Waals surface area contributed by atoms with Crippen LogP contribution in [-0.2, 0) is 11.3 Å². The molecule has 0 radical (unpaired) electrons. The number of aromatic nitrogens is 2. The Morgan fingerprint density at radius 2 is 1.81 bits per heavy atom. The maximum Gasteiger partial charge on any atom is 1.00 e. The van der Waals surface area contributed by atoms with Crippen LogP contribution in [0.2, 0.25) is 0 Å². The molecule has 11 nitrogen and oxygen atoms in total. The number of aryl methyl sites for hydroxylation is 1. The van der Waals surface area contributed by atoms with Crippen molar-refractivity contribution in [3.63, 3.8) is 0 Å². The minimum Gasteiger partial charge on any atom is -0.652 e. The second kappa shape index (κ2) is 17.0. The van der Waals surface area contributed by atoms with Crippen LogP contribution in [0.3, 0.4) is 0 Å². The molecule has 0 atom stereocenters. The molecular formula is C16H14Br2K2N4O7. The molecule has 31 heavy (non-hydrogen) atoms. The van der Waals surface area contributed by atoms with E-state index in [-0.39, 0.29) is 132 Å². The Morgan fingerprint density at radius 1 is 1.23 bits per heavy atom. The fourth-order valence-electron chi connectivity index (χ4n) is 2.06. The zero-order valence-electron chi connectivity index (χ0n) is 17.1. The van der Waals surface area contributed by atoms with E-state index in [0.717, 1.165) is 5.69 Å². The van der Waals surface area contributed by atoms with E-state index >= 15 is 0 Å². The summed E-state index contributed by atoms with van der Waals surface area (Å²) < 4.78 is 5.42. The smallest absolute Gasteiger partial charge is 0.652 e. The topological polar surface area (TPSA) is 162 Å². The number of halogens is 2. The monoisotopic (exact) mass is 610 g/mol. The number of amides is 1. The third-order valence-corrected chi connectivity index (χ3v) is 4.13. The normalized spacial score (nSPS) is 9.16. The molecule has 156 valence electrons. The SMILES string of the molecule is CCOC(=O)N(Cc1ccc(C)nc1)c1cc(Br)nc(Br)c1[N+](=O)[O-].O=C([O-])[O-].[K+].[K+]. The van der Waals surface area contributed by atoms with Crippen molar-refractivity contribution in [2.45, 2.75) is 20.4 Å². The Hall–Kier alpha value is 0.473. The number of ether oxygens (including phenoxy) is 1. The summed E-state index contributed by atoms with van der Waals surface area (Å²) in [6.07, 6.45) is -1.42. The summed E-state index contributed by atoms with van der Waals surface area (Å²) in [5, 5.41) is 28.1. The Kier molecular flexibility index (Phi) is 18.4. The second-order valence-electron chi connectivity index (χ2n) is 5.20. The standard InChI is InChI=1S/C15H14Br2N4O4.CH2O3.2K/c1-3-25-15(22)20(8-10-5-4-9(2)18-7-10)11-6-12(16)19-14(17)13(11)21(23)24;2-1(3)4;;/h4-7H,3,8H2,1-2H3;(H2,2,3,4);;/q;;2*+1/p-2. The van der Waals surface area contributed by atoms with Crippen LogP contribution in [0, 0.1) is 17.0 Å². The predicted octanol–water partition coefficient (Wildman–Crippen LogP) is -4.06. The van der Waals surface area contributed by atoms with Crippen LogP contribution in [0.4, 0.5) is 21.0 Å². The van der Waals surface area contributed by atoms with E-state index in [1.807, 2.05) is 6.92 Å².